The molecule has 0 saturated heterocycles. The fraction of sp³-hybridized carbons (Fsp3) is 0.600. The molecule has 2 nitrogen and oxygen atoms in total. The van der Waals surface area contributed by atoms with Crippen molar-refractivity contribution in [1.82, 2.24) is 0 Å². The fourth-order valence-electron chi connectivity index (χ4n) is 2.74. The highest BCUT2D eigenvalue weighted by atomic mass is 16.5. The highest BCUT2D eigenvalue weighted by molar-refractivity contribution is 5.44. The molecule has 0 heterocycles. The van der Waals surface area contributed by atoms with Gasteiger partial charge in [-0.15, -0.1) is 0 Å². The molecule has 1 aliphatic carbocycles. The summed E-state index contributed by atoms with van der Waals surface area (Å²) in [5, 5.41) is 9.53. The third-order valence-electron chi connectivity index (χ3n) is 4.38. The molecule has 1 saturated carbocycles. The zero-order valence-electron chi connectivity index (χ0n) is 11.0. The molecule has 2 rings (SSSR count). The van der Waals surface area contributed by atoms with Gasteiger partial charge in [-0.1, -0.05) is 12.5 Å². The maximum atomic E-state index is 9.53. The molecule has 1 aliphatic rings. The molecule has 0 unspecified atom stereocenters. The molecule has 1 fully saturated rings. The first-order valence-corrected chi connectivity index (χ1v) is 6.36. The van der Waals surface area contributed by atoms with Crippen molar-refractivity contribution in [3.05, 3.63) is 28.8 Å². The zero-order chi connectivity index (χ0) is 12.5. The van der Waals surface area contributed by atoms with Gasteiger partial charge in [-0.25, -0.2) is 0 Å². The van der Waals surface area contributed by atoms with Crippen LogP contribution in [-0.2, 0) is 6.42 Å². The summed E-state index contributed by atoms with van der Waals surface area (Å²) in [4.78, 5) is 0. The van der Waals surface area contributed by atoms with E-state index in [0.29, 0.717) is 6.61 Å². The standard InChI is InChI=1S/C15H22O2/c1-11-12(2)14(17-3)6-5-13(11)9-15(10-16)7-4-8-15/h5-6,16H,4,7-10H2,1-3H3. The lowest BCUT2D eigenvalue weighted by atomic mass is 9.65. The summed E-state index contributed by atoms with van der Waals surface area (Å²) in [5.74, 6) is 0.956. The minimum atomic E-state index is 0.159. The van der Waals surface area contributed by atoms with Crippen molar-refractivity contribution >= 4 is 0 Å². The molecule has 17 heavy (non-hydrogen) atoms. The van der Waals surface area contributed by atoms with Crippen molar-refractivity contribution in [2.75, 3.05) is 13.7 Å². The first kappa shape index (κ1) is 12.4. The topological polar surface area (TPSA) is 29.5 Å². The summed E-state index contributed by atoms with van der Waals surface area (Å²) in [7, 11) is 1.71. The number of aliphatic hydroxyl groups is 1. The Bertz CT molecular complexity index is 400. The lowest BCUT2D eigenvalue weighted by Crippen LogP contribution is -2.35. The number of hydrogen-bond acceptors (Lipinski definition) is 2. The van der Waals surface area contributed by atoms with Gasteiger partial charge in [0.05, 0.1) is 7.11 Å². The molecule has 0 atom stereocenters. The van der Waals surface area contributed by atoms with Gasteiger partial charge < -0.3 is 9.84 Å². The molecule has 94 valence electrons. The summed E-state index contributed by atoms with van der Waals surface area (Å²) in [6.07, 6.45) is 4.58. The number of ether oxygens (including phenoxy) is 1. The van der Waals surface area contributed by atoms with Crippen LogP contribution in [0.25, 0.3) is 0 Å². The maximum Gasteiger partial charge on any atom is 0.122 e. The molecular weight excluding hydrogens is 212 g/mol. The predicted molar refractivity (Wildman–Crippen MR) is 69.5 cm³/mol. The quantitative estimate of drug-likeness (QED) is 0.867. The Morgan fingerprint density at radius 3 is 2.41 bits per heavy atom. The largest absolute Gasteiger partial charge is 0.496 e. The Morgan fingerprint density at radius 1 is 1.24 bits per heavy atom. The van der Waals surface area contributed by atoms with E-state index in [2.05, 4.69) is 19.9 Å². The molecule has 0 aliphatic heterocycles. The van der Waals surface area contributed by atoms with Gasteiger partial charge in [-0.2, -0.15) is 0 Å². The minimum absolute atomic E-state index is 0.159. The van der Waals surface area contributed by atoms with Crippen LogP contribution in [0.1, 0.15) is 36.0 Å². The van der Waals surface area contributed by atoms with Crippen LogP contribution in [0.4, 0.5) is 0 Å². The van der Waals surface area contributed by atoms with Crippen molar-refractivity contribution in [1.29, 1.82) is 0 Å². The van der Waals surface area contributed by atoms with E-state index in [1.807, 2.05) is 6.07 Å². The molecule has 0 radical (unpaired) electrons. The molecule has 0 bridgehead atoms. The Hall–Kier alpha value is -1.02. The SMILES string of the molecule is COc1ccc(CC2(CO)CCC2)c(C)c1C. The van der Waals surface area contributed by atoms with E-state index in [0.717, 1.165) is 25.0 Å². The summed E-state index contributed by atoms with van der Waals surface area (Å²) in [5.41, 5.74) is 4.05. The van der Waals surface area contributed by atoms with E-state index < -0.39 is 0 Å². The van der Waals surface area contributed by atoms with Crippen molar-refractivity contribution in [2.24, 2.45) is 5.41 Å². The molecule has 2 heteroatoms. The van der Waals surface area contributed by atoms with Crippen LogP contribution >= 0.6 is 0 Å². The number of hydrogen-bond donors (Lipinski definition) is 1. The van der Waals surface area contributed by atoms with E-state index in [-0.39, 0.29) is 5.41 Å². The van der Waals surface area contributed by atoms with Gasteiger partial charge >= 0.3 is 0 Å². The number of rotatable bonds is 4. The third kappa shape index (κ3) is 2.19. The van der Waals surface area contributed by atoms with Crippen LogP contribution in [-0.4, -0.2) is 18.8 Å². The van der Waals surface area contributed by atoms with E-state index >= 15 is 0 Å². The second-order valence-electron chi connectivity index (χ2n) is 5.37. The summed E-state index contributed by atoms with van der Waals surface area (Å²) >= 11 is 0. The van der Waals surface area contributed by atoms with Crippen molar-refractivity contribution in [3.63, 3.8) is 0 Å². The fourth-order valence-corrected chi connectivity index (χ4v) is 2.74. The van der Waals surface area contributed by atoms with E-state index in [1.165, 1.54) is 23.1 Å². The van der Waals surface area contributed by atoms with Crippen LogP contribution in [0, 0.1) is 19.3 Å². The third-order valence-corrected chi connectivity index (χ3v) is 4.38. The van der Waals surface area contributed by atoms with Crippen LogP contribution in [0.3, 0.4) is 0 Å². The first-order valence-electron chi connectivity index (χ1n) is 6.36. The van der Waals surface area contributed by atoms with Crippen LogP contribution in [0.15, 0.2) is 12.1 Å². The molecular formula is C15H22O2. The second-order valence-corrected chi connectivity index (χ2v) is 5.37. The van der Waals surface area contributed by atoms with Crippen molar-refractivity contribution in [3.8, 4) is 5.75 Å². The van der Waals surface area contributed by atoms with Crippen LogP contribution in [0.5, 0.6) is 5.75 Å². The predicted octanol–water partition coefficient (Wildman–Crippen LogP) is 3.02. The second kappa shape index (κ2) is 4.69. The van der Waals surface area contributed by atoms with Gasteiger partial charge in [-0.3, -0.25) is 0 Å². The Morgan fingerprint density at radius 2 is 1.94 bits per heavy atom. The first-order chi connectivity index (χ1) is 8.12. The Balaban J connectivity index is 2.25. The van der Waals surface area contributed by atoms with E-state index in [4.69, 9.17) is 4.74 Å². The van der Waals surface area contributed by atoms with Gasteiger partial charge in [0, 0.05) is 6.61 Å². The maximum absolute atomic E-state index is 9.53. The van der Waals surface area contributed by atoms with E-state index in [1.54, 1.807) is 7.11 Å². The number of aliphatic hydroxyl groups excluding tert-OH is 1. The summed E-state index contributed by atoms with van der Waals surface area (Å²) in [6, 6.07) is 4.19. The molecule has 1 N–H and O–H groups in total. The average Bonchev–Trinajstić information content (AvgIpc) is 2.29. The van der Waals surface area contributed by atoms with Crippen molar-refractivity contribution in [2.45, 2.75) is 39.5 Å². The lowest BCUT2D eigenvalue weighted by Gasteiger charge is -2.41. The zero-order valence-corrected chi connectivity index (χ0v) is 11.0. The van der Waals surface area contributed by atoms with Gasteiger partial charge in [0.25, 0.3) is 0 Å². The highest BCUT2D eigenvalue weighted by Crippen LogP contribution is 2.44. The van der Waals surface area contributed by atoms with Gasteiger partial charge in [0.1, 0.15) is 5.75 Å². The molecule has 0 aromatic heterocycles. The monoisotopic (exact) mass is 234 g/mol. The van der Waals surface area contributed by atoms with Gasteiger partial charge in [0.2, 0.25) is 0 Å². The highest BCUT2D eigenvalue weighted by Gasteiger charge is 2.36. The Kier molecular flexibility index (Phi) is 3.43. The number of benzene rings is 1. The molecule has 1 aromatic carbocycles. The minimum Gasteiger partial charge on any atom is -0.496 e. The summed E-state index contributed by atoms with van der Waals surface area (Å²) < 4.78 is 5.33. The van der Waals surface area contributed by atoms with Crippen LogP contribution in [0.2, 0.25) is 0 Å². The van der Waals surface area contributed by atoms with Gasteiger partial charge in [0.15, 0.2) is 0 Å². The summed E-state index contributed by atoms with van der Waals surface area (Å²) in [6.45, 7) is 4.57. The molecule has 0 spiro atoms. The van der Waals surface area contributed by atoms with Gasteiger partial charge in [-0.05, 0) is 61.3 Å². The van der Waals surface area contributed by atoms with Crippen molar-refractivity contribution < 1.29 is 9.84 Å². The molecule has 0 amide bonds. The van der Waals surface area contributed by atoms with E-state index in [9.17, 15) is 5.11 Å². The lowest BCUT2D eigenvalue weighted by molar-refractivity contribution is 0.0449. The smallest absolute Gasteiger partial charge is 0.122 e. The number of methoxy groups -OCH3 is 1. The molecule has 1 aromatic rings. The average molecular weight is 234 g/mol. The van der Waals surface area contributed by atoms with Crippen LogP contribution < -0.4 is 4.74 Å². The normalized spacial score (nSPS) is 17.6. The Labute approximate surface area is 104 Å².